The Bertz CT molecular complexity index is 2480. The average molecular weight is 903 g/mol. The van der Waals surface area contributed by atoms with E-state index in [1.54, 1.807) is 55.5 Å². The number of amides is 5. The summed E-state index contributed by atoms with van der Waals surface area (Å²) in [6, 6.07) is 16.8. The van der Waals surface area contributed by atoms with E-state index < -0.39 is 53.7 Å². The summed E-state index contributed by atoms with van der Waals surface area (Å²) in [6.07, 6.45) is 0.0262. The van der Waals surface area contributed by atoms with Gasteiger partial charge in [-0.15, -0.1) is 0 Å². The lowest BCUT2D eigenvalue weighted by Gasteiger charge is -2.32. The predicted molar refractivity (Wildman–Crippen MR) is 251 cm³/mol. The minimum absolute atomic E-state index is 0.00544. The van der Waals surface area contributed by atoms with Crippen molar-refractivity contribution in [3.8, 4) is 40.0 Å². The van der Waals surface area contributed by atoms with Gasteiger partial charge in [0.05, 0.1) is 23.0 Å². The number of nitriles is 1. The quantitative estimate of drug-likeness (QED) is 0.0850. The van der Waals surface area contributed by atoms with Crippen LogP contribution in [0.1, 0.15) is 78.5 Å². The van der Waals surface area contributed by atoms with E-state index >= 15 is 0 Å². The molecule has 350 valence electrons. The number of nitrogens with zero attached hydrogens (tertiary/aromatic N) is 3. The number of fused-ring (bicyclic) bond motifs is 5. The van der Waals surface area contributed by atoms with E-state index in [-0.39, 0.29) is 63.2 Å². The van der Waals surface area contributed by atoms with E-state index in [1.165, 1.54) is 24.4 Å². The SMILES string of the molecule is Cc1cc(C(C)(C)C)ccc1-c1ccc(C(=O)NC(CCN)C(=O)N(C)[C@@H]2C(=O)N[C@@H](C)C(=O)N[C@H](C(=O)NCC#N)Cc3ccc(OCCN)c(c3)-c3cc2ccc3OCCN)c(C)n1. The lowest BCUT2D eigenvalue weighted by atomic mass is 9.85. The molecule has 0 fully saturated rings. The zero-order valence-electron chi connectivity index (χ0n) is 38.7. The fourth-order valence-corrected chi connectivity index (χ4v) is 7.73. The van der Waals surface area contributed by atoms with Gasteiger partial charge in [0, 0.05) is 43.2 Å². The van der Waals surface area contributed by atoms with E-state index in [0.717, 1.165) is 11.1 Å². The van der Waals surface area contributed by atoms with Crippen molar-refractivity contribution in [3.63, 3.8) is 0 Å². The number of nitrogens with one attached hydrogen (secondary N) is 4. The van der Waals surface area contributed by atoms with Crippen LogP contribution in [0.2, 0.25) is 0 Å². The molecule has 3 aromatic carbocycles. The molecule has 1 aliphatic heterocycles. The van der Waals surface area contributed by atoms with E-state index in [1.807, 2.05) is 19.1 Å². The standard InChI is InChI=1S/C49H62N10O7/c1-28-24-33(49(4,5)6)10-11-34(28)38-13-12-35(29(2)55-38)45(61)57-39(16-17-50)48(64)59(7)43-32-9-15-42(66-23-20-53)37(27-32)36-25-31(8-14-41(36)65-22-19-52)26-40(46(62)54-21-18-51)58-44(60)30(3)56-47(43)63/h8-15,24-25,27,30,39-40,43H,16-17,19-23,26,50,52-53H2,1-7H3,(H,54,62)(H,56,63)(H,57,61)(H,58,60)/t30-,39?,40-,43-/m0/s1. The van der Waals surface area contributed by atoms with Crippen molar-refractivity contribution in [2.45, 2.75) is 84.0 Å². The van der Waals surface area contributed by atoms with E-state index in [4.69, 9.17) is 36.9 Å². The van der Waals surface area contributed by atoms with Crippen LogP contribution in [-0.4, -0.2) is 104 Å². The Morgan fingerprint density at radius 1 is 0.879 bits per heavy atom. The van der Waals surface area contributed by atoms with Crippen molar-refractivity contribution in [1.82, 2.24) is 31.2 Å². The predicted octanol–water partition coefficient (Wildman–Crippen LogP) is 2.84. The zero-order chi connectivity index (χ0) is 48.3. The summed E-state index contributed by atoms with van der Waals surface area (Å²) < 4.78 is 12.2. The van der Waals surface area contributed by atoms with Crippen LogP contribution in [0, 0.1) is 25.2 Å². The number of aryl methyl sites for hydroxylation is 2. The number of carbonyl (C=O) groups excluding carboxylic acids is 5. The second kappa shape index (κ2) is 22.4. The van der Waals surface area contributed by atoms with Crippen LogP contribution in [0.3, 0.4) is 0 Å². The number of likely N-dealkylation sites (N-methyl/N-ethyl adjacent to an activating group) is 1. The molecule has 66 heavy (non-hydrogen) atoms. The molecule has 2 heterocycles. The lowest BCUT2D eigenvalue weighted by Crippen LogP contribution is -2.56. The molecule has 4 atom stereocenters. The number of hydrogen-bond donors (Lipinski definition) is 7. The molecule has 1 unspecified atom stereocenters. The van der Waals surface area contributed by atoms with E-state index in [9.17, 15) is 24.0 Å². The molecule has 5 amide bonds. The largest absolute Gasteiger partial charge is 0.492 e. The van der Waals surface area contributed by atoms with Gasteiger partial charge >= 0.3 is 0 Å². The molecule has 0 saturated heterocycles. The van der Waals surface area contributed by atoms with Crippen LogP contribution in [0.4, 0.5) is 0 Å². The lowest BCUT2D eigenvalue weighted by molar-refractivity contribution is -0.141. The fraction of sp³-hybridized carbons (Fsp3) is 0.408. The fourth-order valence-electron chi connectivity index (χ4n) is 7.73. The summed E-state index contributed by atoms with van der Waals surface area (Å²) >= 11 is 0. The number of rotatable bonds is 15. The highest BCUT2D eigenvalue weighted by molar-refractivity contribution is 6.00. The van der Waals surface area contributed by atoms with Gasteiger partial charge in [-0.25, -0.2) is 0 Å². The molecular formula is C49H62N10O7. The van der Waals surface area contributed by atoms with Crippen molar-refractivity contribution in [2.75, 3.05) is 46.4 Å². The third-order valence-electron chi connectivity index (χ3n) is 11.3. The number of carbonyl (C=O) groups is 5. The monoisotopic (exact) mass is 902 g/mol. The average Bonchev–Trinajstić information content (AvgIpc) is 3.28. The summed E-state index contributed by atoms with van der Waals surface area (Å²) in [4.78, 5) is 76.3. The normalized spacial score (nSPS) is 16.7. The van der Waals surface area contributed by atoms with Gasteiger partial charge in [-0.2, -0.15) is 5.26 Å². The summed E-state index contributed by atoms with van der Waals surface area (Å²) in [6.45, 7) is 12.0. The maximum atomic E-state index is 14.7. The van der Waals surface area contributed by atoms with Crippen LogP contribution in [-0.2, 0) is 31.0 Å². The van der Waals surface area contributed by atoms with Gasteiger partial charge < -0.3 is 52.8 Å². The minimum Gasteiger partial charge on any atom is -0.492 e. The molecule has 1 aromatic heterocycles. The van der Waals surface area contributed by atoms with Crippen LogP contribution < -0.4 is 47.9 Å². The van der Waals surface area contributed by atoms with Gasteiger partial charge in [-0.3, -0.25) is 29.0 Å². The molecule has 0 saturated carbocycles. The minimum atomic E-state index is -1.39. The Balaban J connectivity index is 1.56. The molecule has 5 rings (SSSR count). The molecule has 4 aromatic rings. The first-order valence-corrected chi connectivity index (χ1v) is 22.0. The number of hydrogen-bond acceptors (Lipinski definition) is 12. The summed E-state index contributed by atoms with van der Waals surface area (Å²) in [5.74, 6) is -2.48. The maximum absolute atomic E-state index is 14.7. The van der Waals surface area contributed by atoms with Gasteiger partial charge in [-0.05, 0) is 97.8 Å². The zero-order valence-corrected chi connectivity index (χ0v) is 38.7. The highest BCUT2D eigenvalue weighted by Crippen LogP contribution is 2.40. The summed E-state index contributed by atoms with van der Waals surface area (Å²) in [5.41, 5.74) is 24.1. The van der Waals surface area contributed by atoms with Crippen molar-refractivity contribution in [1.29, 1.82) is 5.26 Å². The molecule has 4 bridgehead atoms. The molecule has 0 spiro atoms. The second-order valence-electron chi connectivity index (χ2n) is 17.3. The van der Waals surface area contributed by atoms with Crippen LogP contribution in [0.15, 0.2) is 66.7 Å². The third-order valence-corrected chi connectivity index (χ3v) is 11.3. The molecule has 0 aliphatic carbocycles. The van der Waals surface area contributed by atoms with Gasteiger partial charge in [0.2, 0.25) is 23.6 Å². The Morgan fingerprint density at radius 3 is 2.15 bits per heavy atom. The van der Waals surface area contributed by atoms with Crippen molar-refractivity contribution in [3.05, 3.63) is 100 Å². The first-order chi connectivity index (χ1) is 31.4. The van der Waals surface area contributed by atoms with Crippen LogP contribution in [0.25, 0.3) is 22.4 Å². The van der Waals surface area contributed by atoms with Crippen LogP contribution in [0.5, 0.6) is 11.5 Å². The Hall–Kier alpha value is -6.87. The summed E-state index contributed by atoms with van der Waals surface area (Å²) in [7, 11) is 1.43. The molecule has 17 heteroatoms. The molecule has 1 aliphatic rings. The number of nitrogens with two attached hydrogens (primary N) is 3. The Morgan fingerprint density at radius 2 is 1.55 bits per heavy atom. The number of benzene rings is 3. The molecule has 10 N–H and O–H groups in total. The van der Waals surface area contributed by atoms with Crippen molar-refractivity contribution < 1.29 is 33.4 Å². The van der Waals surface area contributed by atoms with E-state index in [2.05, 4.69) is 54.2 Å². The third kappa shape index (κ3) is 12.1. The second-order valence-corrected chi connectivity index (χ2v) is 17.3. The number of aromatic nitrogens is 1. The van der Waals surface area contributed by atoms with Crippen LogP contribution >= 0.6 is 0 Å². The topological polar surface area (TPSA) is 270 Å². The first kappa shape index (κ1) is 50.1. The highest BCUT2D eigenvalue weighted by Gasteiger charge is 2.36. The van der Waals surface area contributed by atoms with Gasteiger partial charge in [-0.1, -0.05) is 51.1 Å². The maximum Gasteiger partial charge on any atom is 0.253 e. The molecular weight excluding hydrogens is 841 g/mol. The van der Waals surface area contributed by atoms with Gasteiger partial charge in [0.25, 0.3) is 5.91 Å². The number of ether oxygens (including phenoxy) is 2. The van der Waals surface area contributed by atoms with Gasteiger partial charge in [0.1, 0.15) is 55.4 Å². The van der Waals surface area contributed by atoms with Crippen molar-refractivity contribution in [2.24, 2.45) is 17.2 Å². The first-order valence-electron chi connectivity index (χ1n) is 22.0. The van der Waals surface area contributed by atoms with Gasteiger partial charge in [0.15, 0.2) is 0 Å². The number of pyridine rings is 1. The molecule has 17 nitrogen and oxygen atoms in total. The molecule has 0 radical (unpaired) electrons. The Labute approximate surface area is 386 Å². The Kier molecular flexibility index (Phi) is 17.0. The van der Waals surface area contributed by atoms with E-state index in [0.29, 0.717) is 45.1 Å². The van der Waals surface area contributed by atoms with Crippen molar-refractivity contribution >= 4 is 29.5 Å². The smallest absolute Gasteiger partial charge is 0.253 e. The summed E-state index contributed by atoms with van der Waals surface area (Å²) in [5, 5.41) is 19.9. The highest BCUT2D eigenvalue weighted by atomic mass is 16.5.